The molecule has 0 radical (unpaired) electrons. The minimum absolute atomic E-state index is 0.236. The average molecular weight is 286 g/mol. The summed E-state index contributed by atoms with van der Waals surface area (Å²) in [5, 5.41) is 7.74. The molecule has 3 rings (SSSR count). The third-order valence-electron chi connectivity index (χ3n) is 3.83. The molecule has 2 N–H and O–H groups in total. The quantitative estimate of drug-likeness (QED) is 0.884. The molecule has 2 aromatic rings. The first-order chi connectivity index (χ1) is 10.3. The van der Waals surface area contributed by atoms with E-state index in [0.717, 1.165) is 42.7 Å². The van der Waals surface area contributed by atoms with Crippen LogP contribution < -0.4 is 10.6 Å². The lowest BCUT2D eigenvalue weighted by Crippen LogP contribution is -2.30. The molecule has 1 aromatic carbocycles. The van der Waals surface area contributed by atoms with Gasteiger partial charge in [0.05, 0.1) is 17.7 Å². The number of anilines is 2. The van der Waals surface area contributed by atoms with Gasteiger partial charge in [0.25, 0.3) is 0 Å². The number of benzene rings is 1. The topological polar surface area (TPSA) is 59.1 Å². The van der Waals surface area contributed by atoms with Crippen molar-refractivity contribution in [1.29, 1.82) is 0 Å². The lowest BCUT2D eigenvalue weighted by Gasteiger charge is -2.21. The maximum absolute atomic E-state index is 5.76. The van der Waals surface area contributed by atoms with Crippen molar-refractivity contribution < 1.29 is 4.74 Å². The van der Waals surface area contributed by atoms with Crippen molar-refractivity contribution in [3.63, 3.8) is 0 Å². The zero-order valence-electron chi connectivity index (χ0n) is 12.6. The van der Waals surface area contributed by atoms with Crippen LogP contribution in [0.4, 0.5) is 11.8 Å². The van der Waals surface area contributed by atoms with Gasteiger partial charge in [-0.15, -0.1) is 0 Å². The van der Waals surface area contributed by atoms with Crippen molar-refractivity contribution in [2.75, 3.05) is 23.8 Å². The van der Waals surface area contributed by atoms with Crippen LogP contribution in [0.5, 0.6) is 0 Å². The molecular weight excluding hydrogens is 264 g/mol. The highest BCUT2D eigenvalue weighted by Crippen LogP contribution is 2.24. The van der Waals surface area contributed by atoms with Gasteiger partial charge in [0, 0.05) is 18.5 Å². The Morgan fingerprint density at radius 1 is 1.33 bits per heavy atom. The predicted molar refractivity (Wildman–Crippen MR) is 85.8 cm³/mol. The fourth-order valence-corrected chi connectivity index (χ4v) is 2.73. The number of fused-ring (bicyclic) bond motifs is 1. The molecule has 1 fully saturated rings. The van der Waals surface area contributed by atoms with E-state index in [0.29, 0.717) is 5.95 Å². The van der Waals surface area contributed by atoms with Crippen molar-refractivity contribution in [3.8, 4) is 0 Å². The first kappa shape index (κ1) is 14.1. The number of nitrogens with zero attached hydrogens (tertiary/aromatic N) is 2. The second kappa shape index (κ2) is 6.26. The fourth-order valence-electron chi connectivity index (χ4n) is 2.73. The van der Waals surface area contributed by atoms with Gasteiger partial charge in [-0.2, -0.15) is 4.98 Å². The molecule has 112 valence electrons. The van der Waals surface area contributed by atoms with Crippen LogP contribution in [0.25, 0.3) is 10.9 Å². The van der Waals surface area contributed by atoms with E-state index in [4.69, 9.17) is 4.74 Å². The van der Waals surface area contributed by atoms with E-state index in [1.807, 2.05) is 25.1 Å². The van der Waals surface area contributed by atoms with Gasteiger partial charge in [0.2, 0.25) is 5.95 Å². The lowest BCUT2D eigenvalue weighted by atomic mass is 10.1. The normalized spacial score (nSPS) is 19.6. The Morgan fingerprint density at radius 2 is 2.19 bits per heavy atom. The minimum atomic E-state index is 0.236. The summed E-state index contributed by atoms with van der Waals surface area (Å²) in [6.45, 7) is 5.86. The van der Waals surface area contributed by atoms with Gasteiger partial charge >= 0.3 is 0 Å². The number of nitrogens with one attached hydrogen (secondary N) is 2. The highest BCUT2D eigenvalue weighted by atomic mass is 16.5. The molecule has 0 spiro atoms. The van der Waals surface area contributed by atoms with Crippen LogP contribution in [-0.4, -0.2) is 35.3 Å². The second-order valence-corrected chi connectivity index (χ2v) is 5.43. The molecule has 5 heteroatoms. The third-order valence-corrected chi connectivity index (χ3v) is 3.83. The molecule has 0 bridgehead atoms. The highest BCUT2D eigenvalue weighted by Gasteiger charge is 2.23. The van der Waals surface area contributed by atoms with E-state index in [9.17, 15) is 0 Å². The number of ether oxygens (including phenoxy) is 1. The Balaban J connectivity index is 1.91. The van der Waals surface area contributed by atoms with Crippen LogP contribution in [0.2, 0.25) is 0 Å². The average Bonchev–Trinajstić information content (AvgIpc) is 3.02. The van der Waals surface area contributed by atoms with Gasteiger partial charge in [-0.1, -0.05) is 12.1 Å². The summed E-state index contributed by atoms with van der Waals surface area (Å²) in [7, 11) is 0. The monoisotopic (exact) mass is 286 g/mol. The van der Waals surface area contributed by atoms with Crippen molar-refractivity contribution in [2.45, 2.75) is 38.8 Å². The van der Waals surface area contributed by atoms with E-state index in [1.165, 1.54) is 0 Å². The summed E-state index contributed by atoms with van der Waals surface area (Å²) >= 11 is 0. The molecule has 0 aliphatic carbocycles. The number of rotatable bonds is 5. The van der Waals surface area contributed by atoms with E-state index < -0.39 is 0 Å². The van der Waals surface area contributed by atoms with Gasteiger partial charge in [0.15, 0.2) is 0 Å². The van der Waals surface area contributed by atoms with Crippen molar-refractivity contribution in [3.05, 3.63) is 24.3 Å². The molecule has 2 unspecified atom stereocenters. The van der Waals surface area contributed by atoms with Gasteiger partial charge in [-0.25, -0.2) is 4.98 Å². The highest BCUT2D eigenvalue weighted by molar-refractivity contribution is 5.90. The van der Waals surface area contributed by atoms with Crippen LogP contribution in [0.15, 0.2) is 24.3 Å². The smallest absolute Gasteiger partial charge is 0.225 e. The summed E-state index contributed by atoms with van der Waals surface area (Å²) in [5.41, 5.74) is 0.950. The minimum Gasteiger partial charge on any atom is -0.376 e. The van der Waals surface area contributed by atoms with E-state index >= 15 is 0 Å². The Bertz CT molecular complexity index is 610. The van der Waals surface area contributed by atoms with Crippen molar-refractivity contribution >= 4 is 22.7 Å². The Morgan fingerprint density at radius 3 is 2.95 bits per heavy atom. The molecule has 0 amide bonds. The number of hydrogen-bond acceptors (Lipinski definition) is 5. The summed E-state index contributed by atoms with van der Waals surface area (Å²) in [6, 6.07) is 8.31. The predicted octanol–water partition coefficient (Wildman–Crippen LogP) is 3.04. The van der Waals surface area contributed by atoms with Crippen LogP contribution >= 0.6 is 0 Å². The summed E-state index contributed by atoms with van der Waals surface area (Å²) in [6.07, 6.45) is 2.52. The zero-order valence-corrected chi connectivity index (χ0v) is 12.6. The molecule has 1 saturated heterocycles. The molecular formula is C16H22N4O. The van der Waals surface area contributed by atoms with Gasteiger partial charge in [-0.3, -0.25) is 0 Å². The van der Waals surface area contributed by atoms with Crippen LogP contribution in [0.1, 0.15) is 26.7 Å². The van der Waals surface area contributed by atoms with Crippen LogP contribution in [0, 0.1) is 0 Å². The number of hydrogen-bond donors (Lipinski definition) is 2. The molecule has 2 heterocycles. The maximum atomic E-state index is 5.76. The fraction of sp³-hybridized carbons (Fsp3) is 0.500. The first-order valence-corrected chi connectivity index (χ1v) is 7.66. The van der Waals surface area contributed by atoms with Crippen LogP contribution in [-0.2, 0) is 4.74 Å². The van der Waals surface area contributed by atoms with E-state index in [1.54, 1.807) is 0 Å². The van der Waals surface area contributed by atoms with E-state index in [-0.39, 0.29) is 12.1 Å². The Kier molecular flexibility index (Phi) is 4.20. The molecule has 2 atom stereocenters. The molecule has 21 heavy (non-hydrogen) atoms. The summed E-state index contributed by atoms with van der Waals surface area (Å²) in [4.78, 5) is 9.15. The lowest BCUT2D eigenvalue weighted by molar-refractivity contribution is 0.0996. The molecule has 1 aliphatic rings. The summed E-state index contributed by atoms with van der Waals surface area (Å²) < 4.78 is 5.76. The number of para-hydroxylation sites is 1. The third kappa shape index (κ3) is 3.08. The zero-order chi connectivity index (χ0) is 14.7. The van der Waals surface area contributed by atoms with Gasteiger partial charge in [-0.05, 0) is 38.8 Å². The molecule has 0 saturated carbocycles. The number of aromatic nitrogens is 2. The molecule has 1 aromatic heterocycles. The summed E-state index contributed by atoms with van der Waals surface area (Å²) in [5.74, 6) is 1.54. The van der Waals surface area contributed by atoms with Gasteiger partial charge < -0.3 is 15.4 Å². The largest absolute Gasteiger partial charge is 0.376 e. The molecule has 5 nitrogen and oxygen atoms in total. The second-order valence-electron chi connectivity index (χ2n) is 5.43. The SMILES string of the molecule is CCNc1nc(NC(C)C2CCCO2)c2ccccc2n1. The standard InChI is InChI=1S/C16H22N4O/c1-3-17-16-19-13-8-5-4-7-12(13)15(20-16)18-11(2)14-9-6-10-21-14/h4-5,7-8,11,14H,3,6,9-10H2,1-2H3,(H2,17,18,19,20). The Labute approximate surface area is 125 Å². The maximum Gasteiger partial charge on any atom is 0.225 e. The van der Waals surface area contributed by atoms with Crippen molar-refractivity contribution in [1.82, 2.24) is 9.97 Å². The van der Waals surface area contributed by atoms with Crippen molar-refractivity contribution in [2.24, 2.45) is 0 Å². The Hall–Kier alpha value is -1.88. The van der Waals surface area contributed by atoms with Gasteiger partial charge in [0.1, 0.15) is 5.82 Å². The van der Waals surface area contributed by atoms with Crippen LogP contribution in [0.3, 0.4) is 0 Å². The van der Waals surface area contributed by atoms with E-state index in [2.05, 4.69) is 33.6 Å². The first-order valence-electron chi connectivity index (χ1n) is 7.66. The molecule has 1 aliphatic heterocycles.